The maximum Gasteiger partial charge on any atom is 0.387 e. The lowest BCUT2D eigenvalue weighted by Gasteiger charge is -2.29. The SMILES string of the molecule is Cc1cc(C(C)(N=C(N)N(C)C=O)c2cccc(F)c2)ccc1OC(F)F. The summed E-state index contributed by atoms with van der Waals surface area (Å²) in [4.78, 5) is 16.5. The number of ether oxygens (including phenoxy) is 1. The van der Waals surface area contributed by atoms with Crippen LogP contribution in [0.1, 0.15) is 23.6 Å². The number of guanidine groups is 1. The highest BCUT2D eigenvalue weighted by Crippen LogP contribution is 2.36. The van der Waals surface area contributed by atoms with E-state index < -0.39 is 18.0 Å². The van der Waals surface area contributed by atoms with E-state index in [0.29, 0.717) is 23.1 Å². The Bertz CT molecular complexity index is 858. The second-order valence-corrected chi connectivity index (χ2v) is 6.13. The number of carbonyl (C=O) groups excluding carboxylic acids is 1. The first-order valence-corrected chi connectivity index (χ1v) is 8.03. The maximum atomic E-state index is 13.8. The van der Waals surface area contributed by atoms with Crippen LogP contribution in [0.15, 0.2) is 47.5 Å². The number of aliphatic imine (C=N–C) groups is 1. The molecule has 27 heavy (non-hydrogen) atoms. The van der Waals surface area contributed by atoms with Crippen molar-refractivity contribution in [2.24, 2.45) is 10.7 Å². The van der Waals surface area contributed by atoms with Crippen molar-refractivity contribution in [1.82, 2.24) is 4.90 Å². The van der Waals surface area contributed by atoms with E-state index in [-0.39, 0.29) is 11.7 Å². The molecular formula is C19H20F3N3O2. The van der Waals surface area contributed by atoms with Gasteiger partial charge in [0.25, 0.3) is 0 Å². The van der Waals surface area contributed by atoms with Gasteiger partial charge in [-0.3, -0.25) is 9.69 Å². The number of hydrogen-bond donors (Lipinski definition) is 1. The molecule has 2 aromatic carbocycles. The number of hydrogen-bond acceptors (Lipinski definition) is 3. The Balaban J connectivity index is 2.63. The van der Waals surface area contributed by atoms with Crippen LogP contribution in [0.2, 0.25) is 0 Å². The Morgan fingerprint density at radius 3 is 2.48 bits per heavy atom. The molecule has 0 radical (unpaired) electrons. The van der Waals surface area contributed by atoms with Crippen molar-refractivity contribution in [1.29, 1.82) is 0 Å². The molecule has 1 atom stereocenters. The summed E-state index contributed by atoms with van der Waals surface area (Å²) in [7, 11) is 1.43. The highest BCUT2D eigenvalue weighted by Gasteiger charge is 2.30. The van der Waals surface area contributed by atoms with E-state index in [9.17, 15) is 18.0 Å². The van der Waals surface area contributed by atoms with Crippen molar-refractivity contribution in [2.75, 3.05) is 7.05 Å². The van der Waals surface area contributed by atoms with Crippen molar-refractivity contribution in [2.45, 2.75) is 26.0 Å². The van der Waals surface area contributed by atoms with Gasteiger partial charge in [0.2, 0.25) is 6.41 Å². The van der Waals surface area contributed by atoms with Gasteiger partial charge in [-0.05, 0) is 54.8 Å². The molecule has 0 aliphatic rings. The van der Waals surface area contributed by atoms with Crippen LogP contribution in [0, 0.1) is 12.7 Å². The summed E-state index contributed by atoms with van der Waals surface area (Å²) < 4.78 is 43.3. The summed E-state index contributed by atoms with van der Waals surface area (Å²) in [5.74, 6) is -0.523. The van der Waals surface area contributed by atoms with E-state index in [0.717, 1.165) is 4.90 Å². The second kappa shape index (κ2) is 8.11. The van der Waals surface area contributed by atoms with Gasteiger partial charge in [0.1, 0.15) is 17.1 Å². The van der Waals surface area contributed by atoms with Crippen molar-refractivity contribution < 1.29 is 22.7 Å². The molecule has 144 valence electrons. The lowest BCUT2D eigenvalue weighted by molar-refractivity contribution is -0.114. The summed E-state index contributed by atoms with van der Waals surface area (Å²) in [6.45, 7) is 0.354. The number of amides is 1. The number of rotatable bonds is 6. The van der Waals surface area contributed by atoms with Crippen molar-refractivity contribution in [3.05, 3.63) is 65.0 Å². The van der Waals surface area contributed by atoms with E-state index in [1.807, 2.05) is 0 Å². The maximum absolute atomic E-state index is 13.8. The molecule has 8 heteroatoms. The van der Waals surface area contributed by atoms with Gasteiger partial charge in [0.05, 0.1) is 0 Å². The molecule has 0 spiro atoms. The van der Waals surface area contributed by atoms with Gasteiger partial charge in [0, 0.05) is 7.05 Å². The molecule has 2 N–H and O–H groups in total. The van der Waals surface area contributed by atoms with Crippen LogP contribution in [0.4, 0.5) is 13.2 Å². The number of nitrogens with zero attached hydrogens (tertiary/aromatic N) is 2. The highest BCUT2D eigenvalue weighted by molar-refractivity contribution is 5.87. The minimum Gasteiger partial charge on any atom is -0.435 e. The van der Waals surface area contributed by atoms with Crippen LogP contribution in [0.3, 0.4) is 0 Å². The van der Waals surface area contributed by atoms with Crippen molar-refractivity contribution >= 4 is 12.4 Å². The van der Waals surface area contributed by atoms with Crippen LogP contribution in [-0.2, 0) is 10.3 Å². The number of carbonyl (C=O) groups is 1. The number of halogens is 3. The Morgan fingerprint density at radius 2 is 1.93 bits per heavy atom. The standard InChI is InChI=1S/C19H20F3N3O2/c1-12-9-14(7-8-16(12)27-17(21)22)19(2,24-18(23)25(3)11-26)13-5-4-6-15(20)10-13/h4-11,17H,1-3H3,(H2,23,24). The van der Waals surface area contributed by atoms with Gasteiger partial charge < -0.3 is 10.5 Å². The molecule has 0 saturated heterocycles. The molecule has 5 nitrogen and oxygen atoms in total. The third kappa shape index (κ3) is 4.58. The average molecular weight is 379 g/mol. The van der Waals surface area contributed by atoms with Crippen LogP contribution < -0.4 is 10.5 Å². The highest BCUT2D eigenvalue weighted by atomic mass is 19.3. The first kappa shape index (κ1) is 20.3. The first-order valence-electron chi connectivity index (χ1n) is 8.03. The van der Waals surface area contributed by atoms with Gasteiger partial charge in [-0.1, -0.05) is 18.2 Å². The quantitative estimate of drug-likeness (QED) is 0.475. The van der Waals surface area contributed by atoms with Crippen LogP contribution in [-0.4, -0.2) is 30.9 Å². The number of nitrogens with two attached hydrogens (primary N) is 1. The Kier molecular flexibility index (Phi) is 6.09. The Morgan fingerprint density at radius 1 is 1.26 bits per heavy atom. The summed E-state index contributed by atoms with van der Waals surface area (Å²) in [5.41, 5.74) is 6.21. The smallest absolute Gasteiger partial charge is 0.387 e. The fourth-order valence-corrected chi connectivity index (χ4v) is 2.63. The number of aryl methyl sites for hydroxylation is 1. The fraction of sp³-hybridized carbons (Fsp3) is 0.263. The molecule has 2 aromatic rings. The topological polar surface area (TPSA) is 67.9 Å². The molecule has 1 amide bonds. The largest absolute Gasteiger partial charge is 0.435 e. The van der Waals surface area contributed by atoms with Crippen LogP contribution >= 0.6 is 0 Å². The molecule has 0 aliphatic heterocycles. The average Bonchev–Trinajstić information content (AvgIpc) is 2.62. The normalized spacial score (nSPS) is 14.0. The lowest BCUT2D eigenvalue weighted by Crippen LogP contribution is -2.36. The summed E-state index contributed by atoms with van der Waals surface area (Å²) in [6, 6.07) is 10.3. The van der Waals surface area contributed by atoms with E-state index in [2.05, 4.69) is 9.73 Å². The number of benzene rings is 2. The van der Waals surface area contributed by atoms with Gasteiger partial charge in [-0.25, -0.2) is 9.38 Å². The molecule has 0 aromatic heterocycles. The summed E-state index contributed by atoms with van der Waals surface area (Å²) in [6.07, 6.45) is 0.496. The Hall–Kier alpha value is -3.03. The third-order valence-corrected chi connectivity index (χ3v) is 4.20. The van der Waals surface area contributed by atoms with Gasteiger partial charge in [0.15, 0.2) is 5.96 Å². The molecular weight excluding hydrogens is 359 g/mol. The van der Waals surface area contributed by atoms with E-state index in [4.69, 9.17) is 5.73 Å². The second-order valence-electron chi connectivity index (χ2n) is 6.13. The first-order chi connectivity index (χ1) is 12.7. The predicted molar refractivity (Wildman–Crippen MR) is 96.1 cm³/mol. The molecule has 1 unspecified atom stereocenters. The van der Waals surface area contributed by atoms with E-state index >= 15 is 0 Å². The molecule has 0 saturated carbocycles. The minimum absolute atomic E-state index is 0.0253. The lowest BCUT2D eigenvalue weighted by atomic mass is 9.84. The summed E-state index contributed by atoms with van der Waals surface area (Å²) in [5, 5.41) is 0. The van der Waals surface area contributed by atoms with Crippen molar-refractivity contribution in [3.63, 3.8) is 0 Å². The monoisotopic (exact) mass is 379 g/mol. The Labute approximate surface area is 155 Å². The zero-order chi connectivity index (χ0) is 20.2. The van der Waals surface area contributed by atoms with Gasteiger partial charge in [-0.2, -0.15) is 8.78 Å². The summed E-state index contributed by atoms with van der Waals surface area (Å²) >= 11 is 0. The minimum atomic E-state index is -2.95. The van der Waals surface area contributed by atoms with E-state index in [1.165, 1.54) is 31.3 Å². The number of alkyl halides is 2. The zero-order valence-corrected chi connectivity index (χ0v) is 15.1. The molecule has 2 rings (SSSR count). The van der Waals surface area contributed by atoms with Crippen LogP contribution in [0.25, 0.3) is 0 Å². The van der Waals surface area contributed by atoms with Gasteiger partial charge >= 0.3 is 6.61 Å². The molecule has 0 aliphatic carbocycles. The van der Waals surface area contributed by atoms with E-state index in [1.54, 1.807) is 32.0 Å². The van der Waals surface area contributed by atoms with Gasteiger partial charge in [-0.15, -0.1) is 0 Å². The van der Waals surface area contributed by atoms with Crippen LogP contribution in [0.5, 0.6) is 5.75 Å². The molecule has 0 heterocycles. The van der Waals surface area contributed by atoms with Crippen molar-refractivity contribution in [3.8, 4) is 5.75 Å². The molecule has 0 bridgehead atoms. The predicted octanol–water partition coefficient (Wildman–Crippen LogP) is 3.40. The fourth-order valence-electron chi connectivity index (χ4n) is 2.63. The molecule has 0 fully saturated rings. The third-order valence-electron chi connectivity index (χ3n) is 4.20. The zero-order valence-electron chi connectivity index (χ0n) is 15.1.